The number of rotatable bonds is 6. The summed E-state index contributed by atoms with van der Waals surface area (Å²) in [5.41, 5.74) is 0.163. The third-order valence-electron chi connectivity index (χ3n) is 3.50. The van der Waals surface area contributed by atoms with Crippen molar-refractivity contribution in [2.24, 2.45) is 0 Å². The maximum absolute atomic E-state index is 12.2. The lowest BCUT2D eigenvalue weighted by Gasteiger charge is -2.25. The zero-order valence-corrected chi connectivity index (χ0v) is 13.7. The van der Waals surface area contributed by atoms with Crippen LogP contribution in [0.5, 0.6) is 0 Å². The highest BCUT2D eigenvalue weighted by atomic mass is 35.5. The van der Waals surface area contributed by atoms with Crippen molar-refractivity contribution in [3.63, 3.8) is 0 Å². The number of halogens is 2. The largest absolute Gasteiger partial charge is 0.343 e. The highest BCUT2D eigenvalue weighted by molar-refractivity contribution is 6.43. The van der Waals surface area contributed by atoms with E-state index in [0.29, 0.717) is 6.54 Å². The molecule has 9 heteroatoms. The number of hydrogen-bond donors (Lipinski definition) is 2. The smallest absolute Gasteiger partial charge is 0.253 e. The summed E-state index contributed by atoms with van der Waals surface area (Å²) in [7, 11) is 0. The van der Waals surface area contributed by atoms with Crippen LogP contribution >= 0.6 is 23.2 Å². The van der Waals surface area contributed by atoms with Gasteiger partial charge in [0.05, 0.1) is 29.8 Å². The SMILES string of the molecule is O=CCNC1CCCN1C(=O)CNC(=O)c1ccnc(Cl)c1Cl. The predicted octanol–water partition coefficient (Wildman–Crippen LogP) is 0.855. The molecule has 124 valence electrons. The second kappa shape index (κ2) is 8.24. The van der Waals surface area contributed by atoms with Crippen LogP contribution in [-0.2, 0) is 9.59 Å². The molecule has 1 aliphatic rings. The fourth-order valence-electron chi connectivity index (χ4n) is 2.41. The number of aromatic nitrogens is 1. The Kier molecular flexibility index (Phi) is 6.32. The molecular formula is C14H16Cl2N4O3. The Morgan fingerprint density at radius 2 is 2.22 bits per heavy atom. The van der Waals surface area contributed by atoms with Gasteiger partial charge in [-0.1, -0.05) is 23.2 Å². The standard InChI is InChI=1S/C14H16Cl2N4O3/c15-12-9(3-4-18-13(12)16)14(23)19-8-11(22)20-6-1-2-10(20)17-5-7-21/h3-4,7,10,17H,1-2,5-6,8H2,(H,19,23). The molecule has 0 aliphatic carbocycles. The number of likely N-dealkylation sites (tertiary alicyclic amines) is 1. The third kappa shape index (κ3) is 4.40. The first-order chi connectivity index (χ1) is 11.0. The van der Waals surface area contributed by atoms with Crippen molar-refractivity contribution in [3.05, 3.63) is 28.0 Å². The first kappa shape index (κ1) is 17.7. The molecule has 7 nitrogen and oxygen atoms in total. The molecular weight excluding hydrogens is 343 g/mol. The van der Waals surface area contributed by atoms with E-state index in [2.05, 4.69) is 15.6 Å². The Balaban J connectivity index is 1.92. The number of carbonyl (C=O) groups excluding carboxylic acids is 3. The lowest BCUT2D eigenvalue weighted by molar-refractivity contribution is -0.131. The lowest BCUT2D eigenvalue weighted by atomic mass is 10.2. The Hall–Kier alpha value is -1.70. The van der Waals surface area contributed by atoms with Crippen LogP contribution in [0.2, 0.25) is 10.2 Å². The fraction of sp³-hybridized carbons (Fsp3) is 0.429. The number of pyridine rings is 1. The van der Waals surface area contributed by atoms with Gasteiger partial charge >= 0.3 is 0 Å². The summed E-state index contributed by atoms with van der Waals surface area (Å²) in [5, 5.41) is 5.58. The van der Waals surface area contributed by atoms with Gasteiger partial charge < -0.3 is 15.0 Å². The molecule has 1 fully saturated rings. The van der Waals surface area contributed by atoms with Crippen molar-refractivity contribution < 1.29 is 14.4 Å². The maximum Gasteiger partial charge on any atom is 0.253 e. The Labute approximate surface area is 143 Å². The quantitative estimate of drug-likeness (QED) is 0.581. The van der Waals surface area contributed by atoms with Gasteiger partial charge in [0.1, 0.15) is 11.4 Å². The second-order valence-corrected chi connectivity index (χ2v) is 5.70. The summed E-state index contributed by atoms with van der Waals surface area (Å²) in [4.78, 5) is 40.1. The van der Waals surface area contributed by atoms with Crippen molar-refractivity contribution in [2.45, 2.75) is 19.0 Å². The van der Waals surface area contributed by atoms with Crippen LogP contribution in [-0.4, -0.2) is 53.8 Å². The van der Waals surface area contributed by atoms with Gasteiger partial charge in [0.25, 0.3) is 5.91 Å². The molecule has 2 amide bonds. The van der Waals surface area contributed by atoms with E-state index >= 15 is 0 Å². The number of amides is 2. The lowest BCUT2D eigenvalue weighted by Crippen LogP contribution is -2.48. The van der Waals surface area contributed by atoms with Gasteiger partial charge in [-0.05, 0) is 18.9 Å². The van der Waals surface area contributed by atoms with Gasteiger partial charge in [-0.15, -0.1) is 0 Å². The summed E-state index contributed by atoms with van der Waals surface area (Å²) in [5.74, 6) is -0.722. The molecule has 0 radical (unpaired) electrons. The van der Waals surface area contributed by atoms with E-state index < -0.39 is 5.91 Å². The second-order valence-electron chi connectivity index (χ2n) is 4.97. The van der Waals surface area contributed by atoms with Crippen molar-refractivity contribution >= 4 is 41.3 Å². The number of nitrogens with zero attached hydrogens (tertiary/aromatic N) is 2. The van der Waals surface area contributed by atoms with E-state index in [4.69, 9.17) is 23.2 Å². The van der Waals surface area contributed by atoms with Gasteiger partial charge in [0.15, 0.2) is 0 Å². The maximum atomic E-state index is 12.2. The molecule has 2 heterocycles. The monoisotopic (exact) mass is 358 g/mol. The van der Waals surface area contributed by atoms with Gasteiger partial charge in [0, 0.05) is 12.7 Å². The third-order valence-corrected chi connectivity index (χ3v) is 4.27. The van der Waals surface area contributed by atoms with Crippen LogP contribution in [0.1, 0.15) is 23.2 Å². The molecule has 2 rings (SSSR count). The number of carbonyl (C=O) groups is 3. The molecule has 1 aromatic rings. The molecule has 0 bridgehead atoms. The minimum atomic E-state index is -0.496. The van der Waals surface area contributed by atoms with Crippen LogP contribution < -0.4 is 10.6 Å². The van der Waals surface area contributed by atoms with Gasteiger partial charge in [0.2, 0.25) is 5.91 Å². The number of nitrogens with one attached hydrogen (secondary N) is 2. The molecule has 1 saturated heterocycles. The van der Waals surface area contributed by atoms with E-state index in [-0.39, 0.29) is 40.9 Å². The summed E-state index contributed by atoms with van der Waals surface area (Å²) in [6.45, 7) is 0.618. The predicted molar refractivity (Wildman–Crippen MR) is 85.4 cm³/mol. The summed E-state index contributed by atoms with van der Waals surface area (Å²) < 4.78 is 0. The van der Waals surface area contributed by atoms with Crippen LogP contribution in [0.25, 0.3) is 0 Å². The van der Waals surface area contributed by atoms with Crippen molar-refractivity contribution in [3.8, 4) is 0 Å². The Morgan fingerprint density at radius 3 is 2.96 bits per heavy atom. The highest BCUT2D eigenvalue weighted by Gasteiger charge is 2.28. The average Bonchev–Trinajstić information content (AvgIpc) is 3.01. The molecule has 23 heavy (non-hydrogen) atoms. The number of hydrogen-bond acceptors (Lipinski definition) is 5. The van der Waals surface area contributed by atoms with Crippen molar-refractivity contribution in [1.29, 1.82) is 0 Å². The Bertz CT molecular complexity index is 612. The van der Waals surface area contributed by atoms with E-state index in [0.717, 1.165) is 19.1 Å². The molecule has 2 N–H and O–H groups in total. The van der Waals surface area contributed by atoms with Crippen molar-refractivity contribution in [2.75, 3.05) is 19.6 Å². The molecule has 0 saturated carbocycles. The van der Waals surface area contributed by atoms with Crippen LogP contribution in [0.3, 0.4) is 0 Å². The normalized spacial score (nSPS) is 17.1. The van der Waals surface area contributed by atoms with Crippen molar-refractivity contribution in [1.82, 2.24) is 20.5 Å². The topological polar surface area (TPSA) is 91.4 Å². The zero-order chi connectivity index (χ0) is 16.8. The molecule has 0 aromatic carbocycles. The van der Waals surface area contributed by atoms with E-state index in [9.17, 15) is 14.4 Å². The van der Waals surface area contributed by atoms with E-state index in [1.54, 1.807) is 4.90 Å². The van der Waals surface area contributed by atoms with Crippen LogP contribution in [0, 0.1) is 0 Å². The highest BCUT2D eigenvalue weighted by Crippen LogP contribution is 2.23. The molecule has 0 spiro atoms. The van der Waals surface area contributed by atoms with Crippen LogP contribution in [0.4, 0.5) is 0 Å². The minimum absolute atomic E-state index is 0.0308. The summed E-state index contributed by atoms with van der Waals surface area (Å²) in [6.07, 6.45) is 3.56. The van der Waals surface area contributed by atoms with Crippen LogP contribution in [0.15, 0.2) is 12.3 Å². The summed E-state index contributed by atoms with van der Waals surface area (Å²) >= 11 is 11.7. The van der Waals surface area contributed by atoms with Gasteiger partial charge in [-0.2, -0.15) is 0 Å². The number of aldehydes is 1. The molecule has 1 aliphatic heterocycles. The first-order valence-electron chi connectivity index (χ1n) is 7.09. The minimum Gasteiger partial charge on any atom is -0.343 e. The zero-order valence-electron chi connectivity index (χ0n) is 12.2. The van der Waals surface area contributed by atoms with Gasteiger partial charge in [-0.25, -0.2) is 4.98 Å². The molecule has 1 atom stereocenters. The van der Waals surface area contributed by atoms with E-state index in [1.807, 2.05) is 0 Å². The van der Waals surface area contributed by atoms with Gasteiger partial charge in [-0.3, -0.25) is 14.9 Å². The van der Waals surface area contributed by atoms with E-state index in [1.165, 1.54) is 12.3 Å². The molecule has 1 unspecified atom stereocenters. The molecule has 1 aromatic heterocycles. The first-order valence-corrected chi connectivity index (χ1v) is 7.85. The average molecular weight is 359 g/mol. The summed E-state index contributed by atoms with van der Waals surface area (Å²) in [6, 6.07) is 1.43. The fourth-order valence-corrected chi connectivity index (χ4v) is 2.76. The Morgan fingerprint density at radius 1 is 1.43 bits per heavy atom.